The van der Waals surface area contributed by atoms with Crippen LogP contribution in [0.2, 0.25) is 0 Å². The van der Waals surface area contributed by atoms with Crippen molar-refractivity contribution in [2.24, 2.45) is 0 Å². The highest BCUT2D eigenvalue weighted by Crippen LogP contribution is 2.22. The molecule has 0 aliphatic heterocycles. The van der Waals surface area contributed by atoms with Gasteiger partial charge in [-0.15, -0.1) is 0 Å². The molecule has 0 aliphatic rings. The van der Waals surface area contributed by atoms with Gasteiger partial charge in [0.15, 0.2) is 0 Å². The lowest BCUT2D eigenvalue weighted by Gasteiger charge is -2.12. The first-order chi connectivity index (χ1) is 7.97. The number of aliphatic hydroxyl groups is 1. The number of halogens is 1. The summed E-state index contributed by atoms with van der Waals surface area (Å²) >= 11 is 2.81. The second-order valence-corrected chi connectivity index (χ2v) is 4.04. The number of carbonyl (C=O) groups is 2. The molecule has 0 heterocycles. The molecule has 0 aromatic heterocycles. The van der Waals surface area contributed by atoms with Gasteiger partial charge in [0.2, 0.25) is 4.69 Å². The summed E-state index contributed by atoms with van der Waals surface area (Å²) in [6.45, 7) is 3.46. The van der Waals surface area contributed by atoms with Crippen LogP contribution in [0.5, 0.6) is 0 Å². The minimum atomic E-state index is -1.14. The summed E-state index contributed by atoms with van der Waals surface area (Å²) in [5.41, 5.74) is 0.882. The summed E-state index contributed by atoms with van der Waals surface area (Å²) in [4.78, 5) is 22.1. The molecule has 1 atom stereocenters. The van der Waals surface area contributed by atoms with Crippen LogP contribution in [0.1, 0.15) is 22.0 Å². The van der Waals surface area contributed by atoms with Gasteiger partial charge in [0.1, 0.15) is 6.10 Å². The Morgan fingerprint density at radius 1 is 1.35 bits per heavy atom. The summed E-state index contributed by atoms with van der Waals surface area (Å²) in [6.07, 6.45) is -1.14. The molecule has 0 amide bonds. The highest BCUT2D eigenvalue weighted by molar-refractivity contribution is 9.18. The Hall–Kier alpha value is -1.46. The van der Waals surface area contributed by atoms with Gasteiger partial charge in [-0.1, -0.05) is 30.8 Å². The molecule has 1 aromatic rings. The van der Waals surface area contributed by atoms with E-state index in [9.17, 15) is 14.7 Å². The first-order valence-corrected chi connectivity index (χ1v) is 5.51. The minimum absolute atomic E-state index is 0.0505. The van der Waals surface area contributed by atoms with E-state index in [1.165, 1.54) is 7.11 Å². The fourth-order valence-corrected chi connectivity index (χ4v) is 1.50. The zero-order chi connectivity index (χ0) is 13.0. The molecule has 0 fully saturated rings. The monoisotopic (exact) mass is 298 g/mol. The number of esters is 1. The van der Waals surface area contributed by atoms with Crippen LogP contribution in [0.25, 0.3) is 0 Å². The van der Waals surface area contributed by atoms with E-state index in [-0.39, 0.29) is 10.3 Å². The van der Waals surface area contributed by atoms with E-state index in [4.69, 9.17) is 0 Å². The molecule has 90 valence electrons. The number of aliphatic hydroxyl groups excluding tert-OH is 1. The average molecular weight is 299 g/mol. The van der Waals surface area contributed by atoms with E-state index in [0.29, 0.717) is 11.1 Å². The molecular formula is C12H11BrO4. The summed E-state index contributed by atoms with van der Waals surface area (Å²) in [5.74, 6) is -0.668. The van der Waals surface area contributed by atoms with Gasteiger partial charge in [0.25, 0.3) is 0 Å². The maximum Gasteiger partial charge on any atom is 0.336 e. The van der Waals surface area contributed by atoms with Crippen molar-refractivity contribution in [1.29, 1.82) is 0 Å². The molecule has 0 spiro atoms. The molecule has 5 heteroatoms. The van der Waals surface area contributed by atoms with Crippen LogP contribution >= 0.6 is 15.9 Å². The van der Waals surface area contributed by atoms with E-state index in [1.54, 1.807) is 24.3 Å². The van der Waals surface area contributed by atoms with E-state index < -0.39 is 12.1 Å². The third-order valence-electron chi connectivity index (χ3n) is 2.23. The normalized spacial score (nSPS) is 11.7. The molecular weight excluding hydrogens is 288 g/mol. The predicted molar refractivity (Wildman–Crippen MR) is 65.8 cm³/mol. The van der Waals surface area contributed by atoms with Crippen LogP contribution in [0.15, 0.2) is 36.4 Å². The number of rotatable bonds is 4. The van der Waals surface area contributed by atoms with Crippen molar-refractivity contribution in [2.45, 2.75) is 6.10 Å². The Bertz CT molecular complexity index is 450. The predicted octanol–water partition coefficient (Wildman–Crippen LogP) is 1.98. The van der Waals surface area contributed by atoms with E-state index in [1.807, 2.05) is 0 Å². The molecule has 17 heavy (non-hydrogen) atoms. The zero-order valence-corrected chi connectivity index (χ0v) is 10.7. The Kier molecular flexibility index (Phi) is 4.60. The van der Waals surface area contributed by atoms with Crippen LogP contribution < -0.4 is 0 Å². The number of ether oxygens (including phenoxy) is 1. The van der Waals surface area contributed by atoms with Gasteiger partial charge in [-0.2, -0.15) is 0 Å². The second kappa shape index (κ2) is 5.75. The Morgan fingerprint density at radius 3 is 2.29 bits per heavy atom. The maximum atomic E-state index is 11.2. The summed E-state index contributed by atoms with van der Waals surface area (Å²) < 4.78 is 4.21. The number of hydrogen-bond acceptors (Lipinski definition) is 4. The third kappa shape index (κ3) is 3.25. The Balaban J connectivity index is 2.90. The Morgan fingerprint density at radius 2 is 1.88 bits per heavy atom. The van der Waals surface area contributed by atoms with Gasteiger partial charge >= 0.3 is 5.97 Å². The lowest BCUT2D eigenvalue weighted by molar-refractivity contribution is -0.137. The highest BCUT2D eigenvalue weighted by Gasteiger charge is 2.18. The van der Waals surface area contributed by atoms with Gasteiger partial charge in [-0.3, -0.25) is 4.79 Å². The molecule has 4 nitrogen and oxygen atoms in total. The highest BCUT2D eigenvalue weighted by atomic mass is 79.9. The van der Waals surface area contributed by atoms with Crippen molar-refractivity contribution in [2.75, 3.05) is 7.11 Å². The summed E-state index contributed by atoms with van der Waals surface area (Å²) in [6, 6.07) is 6.18. The van der Waals surface area contributed by atoms with Crippen molar-refractivity contribution in [3.05, 3.63) is 47.5 Å². The quantitative estimate of drug-likeness (QED) is 0.524. The fraction of sp³-hybridized carbons (Fsp3) is 0.167. The third-order valence-corrected chi connectivity index (χ3v) is 2.69. The van der Waals surface area contributed by atoms with E-state index in [2.05, 4.69) is 27.2 Å². The van der Waals surface area contributed by atoms with Crippen molar-refractivity contribution in [3.8, 4) is 0 Å². The van der Waals surface area contributed by atoms with Crippen molar-refractivity contribution in [1.82, 2.24) is 0 Å². The van der Waals surface area contributed by atoms with E-state index in [0.717, 1.165) is 0 Å². The van der Waals surface area contributed by atoms with Crippen LogP contribution in [-0.2, 0) is 9.53 Å². The lowest BCUT2D eigenvalue weighted by Crippen LogP contribution is -2.12. The number of hydrogen-bond donors (Lipinski definition) is 1. The average Bonchev–Trinajstić information content (AvgIpc) is 2.36. The van der Waals surface area contributed by atoms with Crippen molar-refractivity contribution < 1.29 is 19.4 Å². The van der Waals surface area contributed by atoms with Gasteiger partial charge in [0, 0.05) is 5.56 Å². The van der Waals surface area contributed by atoms with Crippen LogP contribution in [0, 0.1) is 0 Å². The van der Waals surface area contributed by atoms with Crippen molar-refractivity contribution >= 4 is 26.6 Å². The number of benzene rings is 1. The number of methoxy groups -OCH3 is 1. The van der Waals surface area contributed by atoms with Gasteiger partial charge in [0.05, 0.1) is 12.7 Å². The topological polar surface area (TPSA) is 63.6 Å². The lowest BCUT2D eigenvalue weighted by atomic mass is 10.0. The largest absolute Gasteiger partial charge is 0.466 e. The summed E-state index contributed by atoms with van der Waals surface area (Å²) in [5, 5.41) is 9.82. The molecule has 1 N–H and O–H groups in total. The molecule has 1 unspecified atom stereocenters. The van der Waals surface area contributed by atoms with Crippen LogP contribution in [0.4, 0.5) is 0 Å². The molecule has 0 saturated heterocycles. The van der Waals surface area contributed by atoms with Gasteiger partial charge < -0.3 is 9.84 Å². The Labute approximate surface area is 107 Å². The smallest absolute Gasteiger partial charge is 0.336 e. The molecule has 1 aromatic carbocycles. The zero-order valence-electron chi connectivity index (χ0n) is 9.14. The van der Waals surface area contributed by atoms with Crippen LogP contribution in [-0.4, -0.2) is 22.9 Å². The maximum absolute atomic E-state index is 11.2. The number of carbonyl (C=O) groups excluding carboxylic acids is 2. The van der Waals surface area contributed by atoms with Crippen molar-refractivity contribution in [3.63, 3.8) is 0 Å². The van der Waals surface area contributed by atoms with Gasteiger partial charge in [-0.05, 0) is 21.5 Å². The fourth-order valence-electron chi connectivity index (χ4n) is 1.24. The van der Waals surface area contributed by atoms with Crippen LogP contribution in [0.3, 0.4) is 0 Å². The first kappa shape index (κ1) is 13.6. The first-order valence-electron chi connectivity index (χ1n) is 4.72. The standard InChI is InChI=1S/C12H11BrO4/c1-7(12(16)17-2)10(14)8-3-5-9(6-4-8)11(13)15/h3-6,10,14H,1H2,2H3. The van der Waals surface area contributed by atoms with Gasteiger partial charge in [-0.25, -0.2) is 4.79 Å². The van der Waals surface area contributed by atoms with E-state index >= 15 is 0 Å². The summed E-state index contributed by atoms with van der Waals surface area (Å²) in [7, 11) is 1.22. The SMILES string of the molecule is C=C(C(=O)OC)C(O)c1ccc(C(=O)Br)cc1. The molecule has 0 bridgehead atoms. The molecule has 1 rings (SSSR count). The molecule has 0 aliphatic carbocycles. The minimum Gasteiger partial charge on any atom is -0.466 e. The second-order valence-electron chi connectivity index (χ2n) is 3.32. The molecule has 0 saturated carbocycles. The molecule has 0 radical (unpaired) electrons.